The Hall–Kier alpha value is -3.68. The van der Waals surface area contributed by atoms with Crippen LogP contribution in [0.5, 0.6) is 0 Å². The first-order chi connectivity index (χ1) is 21.1. The zero-order valence-electron chi connectivity index (χ0n) is 24.6. The largest absolute Gasteiger partial charge is 0.462 e. The Morgan fingerprint density at radius 1 is 0.795 bits per heavy atom. The van der Waals surface area contributed by atoms with Crippen LogP contribution in [0, 0.1) is 17.8 Å². The Balaban J connectivity index is 1.05. The van der Waals surface area contributed by atoms with Crippen molar-refractivity contribution in [2.75, 3.05) is 18.5 Å². The van der Waals surface area contributed by atoms with Crippen LogP contribution in [-0.4, -0.2) is 41.7 Å². The number of carbonyl (C=O) groups excluding carboxylic acids is 4. The number of hydrogen-bond donors (Lipinski definition) is 1. The fourth-order valence-corrected chi connectivity index (χ4v) is 8.01. The Morgan fingerprint density at radius 2 is 1.30 bits per heavy atom. The number of nitrogens with one attached hydrogen (secondary N) is 1. The lowest BCUT2D eigenvalue weighted by Crippen LogP contribution is -2.57. The van der Waals surface area contributed by atoms with Crippen LogP contribution in [0.25, 0.3) is 0 Å². The summed E-state index contributed by atoms with van der Waals surface area (Å²) in [6.07, 6.45) is 2.08. The van der Waals surface area contributed by atoms with E-state index in [1.165, 1.54) is 4.90 Å². The molecule has 3 aromatic carbocycles. The topological polar surface area (TPSA) is 92.8 Å². The first-order valence-electron chi connectivity index (χ1n) is 15.1. The predicted octanol–water partition coefficient (Wildman–Crippen LogP) is 6.59. The van der Waals surface area contributed by atoms with Gasteiger partial charge in [0.25, 0.3) is 0 Å². The summed E-state index contributed by atoms with van der Waals surface area (Å²) in [4.78, 5) is 51.3. The molecule has 1 fully saturated rings. The highest BCUT2D eigenvalue weighted by Crippen LogP contribution is 2.69. The molecular weight excluding hydrogens is 599 g/mol. The lowest BCUT2D eigenvalue weighted by atomic mass is 9.54. The van der Waals surface area contributed by atoms with Gasteiger partial charge in [-0.25, -0.2) is 4.79 Å². The normalized spacial score (nSPS) is 24.6. The second kappa shape index (κ2) is 11.7. The molecule has 0 saturated carbocycles. The molecule has 9 heteroatoms. The highest BCUT2D eigenvalue weighted by atomic mass is 35.5. The van der Waals surface area contributed by atoms with Gasteiger partial charge >= 0.3 is 5.97 Å². The van der Waals surface area contributed by atoms with E-state index in [0.29, 0.717) is 37.1 Å². The van der Waals surface area contributed by atoms with Crippen LogP contribution in [-0.2, 0) is 28.9 Å². The van der Waals surface area contributed by atoms with Crippen molar-refractivity contribution >= 4 is 52.6 Å². The van der Waals surface area contributed by atoms with Crippen LogP contribution >= 0.6 is 23.2 Å². The summed E-state index contributed by atoms with van der Waals surface area (Å²) < 4.78 is 5.23. The van der Waals surface area contributed by atoms with Crippen molar-refractivity contribution in [1.82, 2.24) is 4.90 Å². The van der Waals surface area contributed by atoms with Crippen LogP contribution in [0.1, 0.15) is 72.1 Å². The molecular formula is C35H34Cl2N2O5. The maximum atomic E-state index is 13.9. The first kappa shape index (κ1) is 30.4. The third-order valence-corrected chi connectivity index (χ3v) is 10.2. The molecule has 7 rings (SSSR count). The zero-order valence-corrected chi connectivity index (χ0v) is 26.2. The van der Waals surface area contributed by atoms with E-state index in [1.54, 1.807) is 24.3 Å². The van der Waals surface area contributed by atoms with Gasteiger partial charge < -0.3 is 10.1 Å². The van der Waals surface area contributed by atoms with Gasteiger partial charge in [0.05, 0.1) is 24.0 Å². The van der Waals surface area contributed by atoms with Crippen LogP contribution in [0.3, 0.4) is 0 Å². The van der Waals surface area contributed by atoms with E-state index in [0.717, 1.165) is 22.3 Å². The number of esters is 1. The van der Waals surface area contributed by atoms with Gasteiger partial charge in [0.15, 0.2) is 0 Å². The molecule has 0 aromatic heterocycles. The third kappa shape index (κ3) is 4.81. The minimum Gasteiger partial charge on any atom is -0.462 e. The molecule has 1 aliphatic heterocycles. The van der Waals surface area contributed by atoms with E-state index >= 15 is 0 Å². The van der Waals surface area contributed by atoms with E-state index in [1.807, 2.05) is 62.4 Å². The number of rotatable bonds is 10. The molecule has 1 saturated heterocycles. The number of alkyl halides is 2. The van der Waals surface area contributed by atoms with Crippen molar-refractivity contribution < 1.29 is 23.9 Å². The number of halogens is 2. The highest BCUT2D eigenvalue weighted by Gasteiger charge is 2.72. The number of hydrogen-bond acceptors (Lipinski definition) is 5. The van der Waals surface area contributed by atoms with Crippen molar-refractivity contribution in [2.45, 2.75) is 49.3 Å². The Morgan fingerprint density at radius 3 is 1.77 bits per heavy atom. The van der Waals surface area contributed by atoms with Crippen molar-refractivity contribution in [3.63, 3.8) is 0 Å². The maximum absolute atomic E-state index is 13.9. The van der Waals surface area contributed by atoms with E-state index in [-0.39, 0.29) is 36.6 Å². The zero-order chi connectivity index (χ0) is 31.2. The van der Waals surface area contributed by atoms with Crippen LogP contribution in [0.2, 0.25) is 0 Å². The molecule has 1 heterocycles. The van der Waals surface area contributed by atoms with Gasteiger partial charge in [-0.2, -0.15) is 0 Å². The quantitative estimate of drug-likeness (QED) is 0.118. The highest BCUT2D eigenvalue weighted by molar-refractivity contribution is 6.36. The molecule has 2 bridgehead atoms. The summed E-state index contributed by atoms with van der Waals surface area (Å²) in [7, 11) is 0. The minimum absolute atomic E-state index is 0.153. The number of benzene rings is 3. The lowest BCUT2D eigenvalue weighted by Gasteiger charge is -2.54. The Kier molecular flexibility index (Phi) is 8.05. The number of nitrogens with zero attached hydrogens (tertiary/aromatic N) is 1. The fraction of sp³-hybridized carbons (Fsp3) is 0.371. The van der Waals surface area contributed by atoms with Crippen LogP contribution in [0.4, 0.5) is 5.69 Å². The fourth-order valence-electron chi connectivity index (χ4n) is 6.92. The van der Waals surface area contributed by atoms with Gasteiger partial charge in [-0.05, 0) is 65.3 Å². The molecule has 0 spiro atoms. The molecule has 3 aromatic rings. The molecule has 4 aliphatic rings. The molecule has 3 aliphatic carbocycles. The van der Waals surface area contributed by atoms with Crippen LogP contribution < -0.4 is 5.32 Å². The number of anilines is 1. The van der Waals surface area contributed by atoms with Gasteiger partial charge in [-0.15, -0.1) is 23.2 Å². The first-order valence-corrected chi connectivity index (χ1v) is 15.8. The van der Waals surface area contributed by atoms with E-state index < -0.39 is 27.6 Å². The van der Waals surface area contributed by atoms with Crippen molar-refractivity contribution in [2.24, 2.45) is 17.8 Å². The van der Waals surface area contributed by atoms with Crippen molar-refractivity contribution in [3.8, 4) is 0 Å². The second-order valence-electron chi connectivity index (χ2n) is 12.2. The standard InChI is InChI=1S/C35H34Cl2N2O5/c1-21(2)20-44-33(43)22-15-17-23(18-16-22)38-28(40)14-4-3-9-19-39-31(41)29-30(32(39)42)35(37)25-11-6-5-10-24(25)34(29,36)26-12-7-8-13-27(26)35/h5-8,10-13,15-18,21,29-30H,3-4,9,14,19-20H2,1-2H3,(H,38,40)/t29-,30+,34?,35?. The van der Waals surface area contributed by atoms with Crippen molar-refractivity contribution in [1.29, 1.82) is 0 Å². The van der Waals surface area contributed by atoms with Crippen LogP contribution in [0.15, 0.2) is 72.8 Å². The molecule has 2 atom stereocenters. The number of ether oxygens (including phenoxy) is 1. The smallest absolute Gasteiger partial charge is 0.338 e. The average molecular weight is 634 g/mol. The molecule has 1 N–H and O–H groups in total. The summed E-state index contributed by atoms with van der Waals surface area (Å²) in [5, 5.41) is 2.84. The molecule has 228 valence electrons. The Labute approximate surface area is 266 Å². The molecule has 44 heavy (non-hydrogen) atoms. The molecule has 7 nitrogen and oxygen atoms in total. The van der Waals surface area contributed by atoms with Crippen molar-refractivity contribution in [3.05, 3.63) is 101 Å². The van der Waals surface area contributed by atoms with Gasteiger partial charge in [-0.3, -0.25) is 19.3 Å². The summed E-state index contributed by atoms with van der Waals surface area (Å²) >= 11 is 14.9. The van der Waals surface area contributed by atoms with Gasteiger partial charge in [0.1, 0.15) is 9.75 Å². The van der Waals surface area contributed by atoms with E-state index in [2.05, 4.69) is 5.32 Å². The lowest BCUT2D eigenvalue weighted by molar-refractivity contribution is -0.140. The molecule has 0 radical (unpaired) electrons. The van der Waals surface area contributed by atoms with Gasteiger partial charge in [-0.1, -0.05) is 68.8 Å². The SMILES string of the molecule is CC(C)COC(=O)c1ccc(NC(=O)CCCCCN2C(=O)[C@@H]3[C@H](C2=O)C2(Cl)c4ccccc4C3(Cl)c3ccccc32)cc1. The van der Waals surface area contributed by atoms with Gasteiger partial charge in [0.2, 0.25) is 17.7 Å². The van der Waals surface area contributed by atoms with E-state index in [4.69, 9.17) is 27.9 Å². The average Bonchev–Trinajstić information content (AvgIpc) is 3.29. The van der Waals surface area contributed by atoms with Gasteiger partial charge in [0, 0.05) is 18.7 Å². The maximum Gasteiger partial charge on any atom is 0.338 e. The number of unbranched alkanes of at least 4 members (excludes halogenated alkanes) is 2. The third-order valence-electron chi connectivity index (χ3n) is 8.91. The monoisotopic (exact) mass is 632 g/mol. The summed E-state index contributed by atoms with van der Waals surface area (Å²) in [6.45, 7) is 4.53. The number of carbonyl (C=O) groups is 4. The van der Waals surface area contributed by atoms with E-state index in [9.17, 15) is 19.2 Å². The second-order valence-corrected chi connectivity index (χ2v) is 13.4. The summed E-state index contributed by atoms with van der Waals surface area (Å²) in [6, 6.07) is 21.8. The predicted molar refractivity (Wildman–Crippen MR) is 169 cm³/mol. The Bertz CT molecular complexity index is 1510. The number of imide groups is 1. The summed E-state index contributed by atoms with van der Waals surface area (Å²) in [5.74, 6) is -2.48. The molecule has 0 unspecified atom stereocenters. The number of likely N-dealkylation sites (tertiary alicyclic amines) is 1. The summed E-state index contributed by atoms with van der Waals surface area (Å²) in [5.41, 5.74) is 4.15. The molecule has 3 amide bonds. The number of amides is 3. The minimum atomic E-state index is -1.18.